The summed E-state index contributed by atoms with van der Waals surface area (Å²) in [6.07, 6.45) is 1.18. The number of benzene rings is 2. The third-order valence-electron chi connectivity index (χ3n) is 3.38. The van der Waals surface area contributed by atoms with Crippen molar-refractivity contribution < 1.29 is 13.2 Å². The molecular weight excluding hydrogens is 298 g/mol. The zero-order chi connectivity index (χ0) is 16.3. The molecule has 0 saturated heterocycles. The zero-order valence-electron chi connectivity index (χ0n) is 13.3. The minimum absolute atomic E-state index is 0.490. The van der Waals surface area contributed by atoms with E-state index in [0.717, 1.165) is 5.56 Å². The first-order valence-electron chi connectivity index (χ1n) is 6.99. The molecule has 4 nitrogen and oxygen atoms in total. The minimum Gasteiger partial charge on any atom is -0.489 e. The topological polar surface area (TPSA) is 46.6 Å². The molecular formula is C17H21NO3S. The summed E-state index contributed by atoms with van der Waals surface area (Å²) in [5.41, 5.74) is 4.16. The summed E-state index contributed by atoms with van der Waals surface area (Å²) in [4.78, 5) is 0. The molecule has 22 heavy (non-hydrogen) atoms. The highest BCUT2D eigenvalue weighted by Crippen LogP contribution is 2.21. The highest BCUT2D eigenvalue weighted by molar-refractivity contribution is 7.92. The Bertz CT molecular complexity index is 732. The van der Waals surface area contributed by atoms with E-state index >= 15 is 0 Å². The summed E-state index contributed by atoms with van der Waals surface area (Å²) >= 11 is 0. The maximum atomic E-state index is 11.5. The molecule has 2 rings (SSSR count). The molecule has 0 unspecified atom stereocenters. The molecule has 0 radical (unpaired) electrons. The number of ether oxygens (including phenoxy) is 1. The van der Waals surface area contributed by atoms with Gasteiger partial charge in [-0.05, 0) is 43.7 Å². The summed E-state index contributed by atoms with van der Waals surface area (Å²) in [6, 6.07) is 13.3. The van der Waals surface area contributed by atoms with E-state index in [1.165, 1.54) is 28.7 Å². The van der Waals surface area contributed by atoms with Gasteiger partial charge in [-0.2, -0.15) is 0 Å². The summed E-state index contributed by atoms with van der Waals surface area (Å²) in [5.74, 6) is 0.713. The average molecular weight is 319 g/mol. The zero-order valence-corrected chi connectivity index (χ0v) is 14.1. The van der Waals surface area contributed by atoms with Crippen molar-refractivity contribution >= 4 is 15.7 Å². The number of aryl methyl sites for hydroxylation is 2. The van der Waals surface area contributed by atoms with Gasteiger partial charge in [0.15, 0.2) is 0 Å². The lowest BCUT2D eigenvalue weighted by Gasteiger charge is -2.17. The van der Waals surface area contributed by atoms with Crippen LogP contribution in [-0.4, -0.2) is 21.7 Å². The van der Waals surface area contributed by atoms with Gasteiger partial charge in [0.1, 0.15) is 12.4 Å². The first kappa shape index (κ1) is 16.4. The van der Waals surface area contributed by atoms with Crippen LogP contribution < -0.4 is 9.04 Å². The molecule has 0 aliphatic carbocycles. The normalized spacial score (nSPS) is 11.3. The van der Waals surface area contributed by atoms with Crippen LogP contribution in [0.1, 0.15) is 16.7 Å². The third kappa shape index (κ3) is 4.24. The molecule has 0 aromatic heterocycles. The van der Waals surface area contributed by atoms with Gasteiger partial charge in [0, 0.05) is 7.05 Å². The smallest absolute Gasteiger partial charge is 0.231 e. The summed E-state index contributed by atoms with van der Waals surface area (Å²) in [6.45, 7) is 4.61. The minimum atomic E-state index is -3.24. The molecule has 0 heterocycles. The van der Waals surface area contributed by atoms with E-state index in [1.807, 2.05) is 0 Å². The van der Waals surface area contributed by atoms with Gasteiger partial charge < -0.3 is 4.74 Å². The second-order valence-corrected chi connectivity index (χ2v) is 7.52. The molecule has 5 heteroatoms. The first-order chi connectivity index (χ1) is 10.3. The van der Waals surface area contributed by atoms with Crippen molar-refractivity contribution in [1.29, 1.82) is 0 Å². The Morgan fingerprint density at radius 2 is 1.55 bits per heavy atom. The van der Waals surface area contributed by atoms with Gasteiger partial charge in [0.05, 0.1) is 11.9 Å². The number of hydrogen-bond acceptors (Lipinski definition) is 3. The molecule has 0 amide bonds. The van der Waals surface area contributed by atoms with Crippen LogP contribution in [-0.2, 0) is 16.6 Å². The average Bonchev–Trinajstić information content (AvgIpc) is 2.43. The molecule has 0 saturated carbocycles. The van der Waals surface area contributed by atoms with E-state index in [-0.39, 0.29) is 0 Å². The SMILES string of the molecule is Cc1cc(C)cc(COc2ccc(N(C)S(C)(=O)=O)cc2)c1. The molecule has 0 aliphatic rings. The second-order valence-electron chi connectivity index (χ2n) is 5.51. The van der Waals surface area contributed by atoms with Crippen LogP contribution in [0.4, 0.5) is 5.69 Å². The van der Waals surface area contributed by atoms with E-state index in [4.69, 9.17) is 4.74 Å². The van der Waals surface area contributed by atoms with Crippen molar-refractivity contribution in [2.24, 2.45) is 0 Å². The highest BCUT2D eigenvalue weighted by atomic mass is 32.2. The van der Waals surface area contributed by atoms with Gasteiger partial charge >= 0.3 is 0 Å². The number of hydrogen-bond donors (Lipinski definition) is 0. The molecule has 118 valence electrons. The third-order valence-corrected chi connectivity index (χ3v) is 4.59. The van der Waals surface area contributed by atoms with Gasteiger partial charge in [0.25, 0.3) is 0 Å². The quantitative estimate of drug-likeness (QED) is 0.849. The van der Waals surface area contributed by atoms with Crippen molar-refractivity contribution in [2.75, 3.05) is 17.6 Å². The van der Waals surface area contributed by atoms with E-state index in [2.05, 4.69) is 32.0 Å². The number of sulfonamides is 1. The van der Waals surface area contributed by atoms with Gasteiger partial charge in [-0.1, -0.05) is 29.3 Å². The molecule has 0 spiro atoms. The van der Waals surface area contributed by atoms with Crippen LogP contribution in [0, 0.1) is 13.8 Å². The highest BCUT2D eigenvalue weighted by Gasteiger charge is 2.11. The van der Waals surface area contributed by atoms with Crippen LogP contribution in [0.5, 0.6) is 5.75 Å². The molecule has 0 fully saturated rings. The molecule has 0 bridgehead atoms. The predicted octanol–water partition coefficient (Wildman–Crippen LogP) is 3.28. The second kappa shape index (κ2) is 6.40. The Labute approximate surface area is 132 Å². The number of anilines is 1. The summed E-state index contributed by atoms with van der Waals surface area (Å²) in [7, 11) is -1.71. The predicted molar refractivity (Wildman–Crippen MR) is 89.9 cm³/mol. The Kier molecular flexibility index (Phi) is 4.76. The van der Waals surface area contributed by atoms with Crippen LogP contribution in [0.2, 0.25) is 0 Å². The van der Waals surface area contributed by atoms with E-state index in [9.17, 15) is 8.42 Å². The van der Waals surface area contributed by atoms with E-state index < -0.39 is 10.0 Å². The maximum Gasteiger partial charge on any atom is 0.231 e. The van der Waals surface area contributed by atoms with Crippen molar-refractivity contribution in [1.82, 2.24) is 0 Å². The van der Waals surface area contributed by atoms with Crippen molar-refractivity contribution in [3.63, 3.8) is 0 Å². The molecule has 0 atom stereocenters. The summed E-state index contributed by atoms with van der Waals surface area (Å²) in [5, 5.41) is 0. The van der Waals surface area contributed by atoms with Crippen LogP contribution in [0.15, 0.2) is 42.5 Å². The van der Waals surface area contributed by atoms with Gasteiger partial charge in [-0.15, -0.1) is 0 Å². The van der Waals surface area contributed by atoms with Crippen molar-refractivity contribution in [3.05, 3.63) is 59.2 Å². The monoisotopic (exact) mass is 319 g/mol. The van der Waals surface area contributed by atoms with Crippen LogP contribution >= 0.6 is 0 Å². The lowest BCUT2D eigenvalue weighted by Crippen LogP contribution is -2.24. The van der Waals surface area contributed by atoms with Crippen LogP contribution in [0.25, 0.3) is 0 Å². The van der Waals surface area contributed by atoms with Crippen LogP contribution in [0.3, 0.4) is 0 Å². The fraction of sp³-hybridized carbons (Fsp3) is 0.294. The molecule has 0 N–H and O–H groups in total. The Hall–Kier alpha value is -2.01. The number of rotatable bonds is 5. The maximum absolute atomic E-state index is 11.5. The fourth-order valence-electron chi connectivity index (χ4n) is 2.26. The molecule has 2 aromatic carbocycles. The van der Waals surface area contributed by atoms with Crippen molar-refractivity contribution in [2.45, 2.75) is 20.5 Å². The lowest BCUT2D eigenvalue weighted by molar-refractivity contribution is 0.306. The van der Waals surface area contributed by atoms with E-state index in [1.54, 1.807) is 24.3 Å². The van der Waals surface area contributed by atoms with Gasteiger partial charge in [-0.25, -0.2) is 8.42 Å². The molecule has 0 aliphatic heterocycles. The Morgan fingerprint density at radius 3 is 2.05 bits per heavy atom. The van der Waals surface area contributed by atoms with E-state index in [0.29, 0.717) is 18.0 Å². The number of nitrogens with zero attached hydrogens (tertiary/aromatic N) is 1. The lowest BCUT2D eigenvalue weighted by atomic mass is 10.1. The molecule has 2 aromatic rings. The Morgan fingerprint density at radius 1 is 1.00 bits per heavy atom. The van der Waals surface area contributed by atoms with Gasteiger partial charge in [0.2, 0.25) is 10.0 Å². The standard InChI is InChI=1S/C17H21NO3S/c1-13-9-14(2)11-15(10-13)12-21-17-7-5-16(6-8-17)18(3)22(4,19)20/h5-11H,12H2,1-4H3. The Balaban J connectivity index is 2.05. The summed E-state index contributed by atoms with van der Waals surface area (Å²) < 4.78 is 30.0. The largest absolute Gasteiger partial charge is 0.489 e. The first-order valence-corrected chi connectivity index (χ1v) is 8.84. The van der Waals surface area contributed by atoms with Crippen molar-refractivity contribution in [3.8, 4) is 5.75 Å². The van der Waals surface area contributed by atoms with Gasteiger partial charge in [-0.3, -0.25) is 4.31 Å². The fourth-order valence-corrected chi connectivity index (χ4v) is 2.77.